The van der Waals surface area contributed by atoms with E-state index in [-0.39, 0.29) is 0 Å². The monoisotopic (exact) mass is 366 g/mol. The fourth-order valence-electron chi connectivity index (χ4n) is 2.87. The summed E-state index contributed by atoms with van der Waals surface area (Å²) in [4.78, 5) is 3.47. The minimum Gasteiger partial charge on any atom is -0.354 e. The van der Waals surface area contributed by atoms with Crippen LogP contribution in [-0.2, 0) is 6.42 Å². The lowest BCUT2D eigenvalue weighted by molar-refractivity contribution is 0.748. The van der Waals surface area contributed by atoms with E-state index >= 15 is 0 Å². The second-order valence-corrected chi connectivity index (χ2v) is 6.82. The molecule has 0 unspecified atom stereocenters. The zero-order valence-electron chi connectivity index (χ0n) is 12.5. The molecule has 3 aromatic rings. The lowest BCUT2D eigenvalue weighted by Crippen LogP contribution is -1.99. The predicted octanol–water partition coefficient (Wildman–Crippen LogP) is 6.08. The lowest BCUT2D eigenvalue weighted by Gasteiger charge is -2.06. The van der Waals surface area contributed by atoms with Crippen molar-refractivity contribution in [2.75, 3.05) is 6.54 Å². The first kappa shape index (κ1) is 16.7. The Morgan fingerprint density at radius 1 is 0.913 bits per heavy atom. The standard InChI is InChI=1S/C18H17Cl3N2/c19-12-6-4-11(5-7-12)18-14(3-1-2-8-22)17-15(21)9-13(20)10-16(17)23-18/h4-7,9-10,23H,1-3,8,22H2. The Morgan fingerprint density at radius 3 is 2.35 bits per heavy atom. The molecule has 0 atom stereocenters. The number of hydrogen-bond acceptors (Lipinski definition) is 1. The third kappa shape index (κ3) is 3.51. The first-order chi connectivity index (χ1) is 11.1. The zero-order valence-corrected chi connectivity index (χ0v) is 14.8. The number of halogens is 3. The quantitative estimate of drug-likeness (QED) is 0.527. The Hall–Kier alpha value is -1.19. The number of H-pyrrole nitrogens is 1. The molecular weight excluding hydrogens is 351 g/mol. The van der Waals surface area contributed by atoms with E-state index in [1.807, 2.05) is 30.3 Å². The topological polar surface area (TPSA) is 41.8 Å². The number of hydrogen-bond donors (Lipinski definition) is 2. The summed E-state index contributed by atoms with van der Waals surface area (Å²) in [7, 11) is 0. The molecular formula is C18H17Cl3N2. The van der Waals surface area contributed by atoms with Crippen LogP contribution in [0.15, 0.2) is 36.4 Å². The van der Waals surface area contributed by atoms with Gasteiger partial charge in [-0.3, -0.25) is 0 Å². The van der Waals surface area contributed by atoms with Crippen LogP contribution in [0, 0.1) is 0 Å². The zero-order chi connectivity index (χ0) is 16.4. The van der Waals surface area contributed by atoms with Gasteiger partial charge in [0.2, 0.25) is 0 Å². The van der Waals surface area contributed by atoms with Gasteiger partial charge in [-0.25, -0.2) is 0 Å². The molecule has 0 spiro atoms. The van der Waals surface area contributed by atoms with Gasteiger partial charge in [-0.05, 0) is 61.2 Å². The van der Waals surface area contributed by atoms with E-state index in [1.54, 1.807) is 6.07 Å². The largest absolute Gasteiger partial charge is 0.354 e. The average molecular weight is 368 g/mol. The van der Waals surface area contributed by atoms with E-state index in [4.69, 9.17) is 40.5 Å². The molecule has 0 saturated heterocycles. The molecule has 0 fully saturated rings. The maximum absolute atomic E-state index is 6.46. The number of unbranched alkanes of at least 4 members (excludes halogenated alkanes) is 1. The number of benzene rings is 2. The van der Waals surface area contributed by atoms with E-state index in [0.717, 1.165) is 46.4 Å². The molecule has 0 saturated carbocycles. The highest BCUT2D eigenvalue weighted by atomic mass is 35.5. The Labute approximate surface area is 150 Å². The number of aryl methyl sites for hydroxylation is 1. The van der Waals surface area contributed by atoms with Crippen LogP contribution in [0.5, 0.6) is 0 Å². The van der Waals surface area contributed by atoms with Crippen molar-refractivity contribution in [1.29, 1.82) is 0 Å². The van der Waals surface area contributed by atoms with E-state index in [2.05, 4.69) is 4.98 Å². The third-order valence-corrected chi connectivity index (χ3v) is 4.70. The molecule has 5 heteroatoms. The van der Waals surface area contributed by atoms with Crippen molar-refractivity contribution in [3.63, 3.8) is 0 Å². The fourth-order valence-corrected chi connectivity index (χ4v) is 3.61. The Bertz CT molecular complexity index is 822. The summed E-state index contributed by atoms with van der Waals surface area (Å²) in [6.07, 6.45) is 2.91. The van der Waals surface area contributed by atoms with Crippen molar-refractivity contribution in [2.24, 2.45) is 5.73 Å². The average Bonchev–Trinajstić information content (AvgIpc) is 2.87. The fraction of sp³-hybridized carbons (Fsp3) is 0.222. The SMILES string of the molecule is NCCCCc1c(-c2ccc(Cl)cc2)[nH]c2cc(Cl)cc(Cl)c12. The molecule has 0 aliphatic rings. The van der Waals surface area contributed by atoms with Crippen LogP contribution in [0.3, 0.4) is 0 Å². The summed E-state index contributed by atoms with van der Waals surface area (Å²) in [6.45, 7) is 0.693. The van der Waals surface area contributed by atoms with Gasteiger partial charge in [0.15, 0.2) is 0 Å². The second kappa shape index (κ2) is 7.14. The maximum atomic E-state index is 6.46. The summed E-state index contributed by atoms with van der Waals surface area (Å²) in [5.41, 5.74) is 9.94. The highest BCUT2D eigenvalue weighted by Crippen LogP contribution is 2.37. The van der Waals surface area contributed by atoms with Gasteiger partial charge in [-0.2, -0.15) is 0 Å². The predicted molar refractivity (Wildman–Crippen MR) is 101 cm³/mol. The Kier molecular flexibility index (Phi) is 5.17. The molecule has 3 N–H and O–H groups in total. The number of aromatic amines is 1. The van der Waals surface area contributed by atoms with Crippen molar-refractivity contribution in [2.45, 2.75) is 19.3 Å². The number of nitrogens with two attached hydrogens (primary N) is 1. The van der Waals surface area contributed by atoms with Crippen molar-refractivity contribution in [3.8, 4) is 11.3 Å². The van der Waals surface area contributed by atoms with E-state index < -0.39 is 0 Å². The number of rotatable bonds is 5. The van der Waals surface area contributed by atoms with Crippen LogP contribution in [0.1, 0.15) is 18.4 Å². The van der Waals surface area contributed by atoms with Gasteiger partial charge < -0.3 is 10.7 Å². The molecule has 0 bridgehead atoms. The van der Waals surface area contributed by atoms with Crippen molar-refractivity contribution < 1.29 is 0 Å². The molecule has 23 heavy (non-hydrogen) atoms. The van der Waals surface area contributed by atoms with Crippen LogP contribution in [0.2, 0.25) is 15.1 Å². The summed E-state index contributed by atoms with van der Waals surface area (Å²) in [6, 6.07) is 11.5. The first-order valence-electron chi connectivity index (χ1n) is 7.55. The van der Waals surface area contributed by atoms with Crippen molar-refractivity contribution >= 4 is 45.7 Å². The lowest BCUT2D eigenvalue weighted by atomic mass is 10.0. The molecule has 1 heterocycles. The maximum Gasteiger partial charge on any atom is 0.0517 e. The molecule has 0 aliphatic carbocycles. The molecule has 3 rings (SSSR count). The summed E-state index contributed by atoms with van der Waals surface area (Å²) in [5.74, 6) is 0. The van der Waals surface area contributed by atoms with Gasteiger partial charge in [0.1, 0.15) is 0 Å². The van der Waals surface area contributed by atoms with Crippen LogP contribution >= 0.6 is 34.8 Å². The molecule has 120 valence electrons. The van der Waals surface area contributed by atoms with Crippen LogP contribution < -0.4 is 5.73 Å². The van der Waals surface area contributed by atoms with E-state index in [1.165, 1.54) is 5.56 Å². The summed E-state index contributed by atoms with van der Waals surface area (Å²) >= 11 is 18.6. The first-order valence-corrected chi connectivity index (χ1v) is 8.69. The van der Waals surface area contributed by atoms with Crippen molar-refractivity contribution in [1.82, 2.24) is 4.98 Å². The second-order valence-electron chi connectivity index (χ2n) is 5.54. The third-order valence-electron chi connectivity index (χ3n) is 3.93. The molecule has 2 aromatic carbocycles. The molecule has 2 nitrogen and oxygen atoms in total. The van der Waals surface area contributed by atoms with Gasteiger partial charge in [0.05, 0.1) is 5.02 Å². The highest BCUT2D eigenvalue weighted by Gasteiger charge is 2.16. The Balaban J connectivity index is 2.16. The van der Waals surface area contributed by atoms with Gasteiger partial charge in [0, 0.05) is 26.6 Å². The smallest absolute Gasteiger partial charge is 0.0517 e. The van der Waals surface area contributed by atoms with Crippen molar-refractivity contribution in [3.05, 3.63) is 57.0 Å². The van der Waals surface area contributed by atoms with E-state index in [0.29, 0.717) is 16.6 Å². The van der Waals surface area contributed by atoms with Gasteiger partial charge in [-0.1, -0.05) is 46.9 Å². The number of aromatic nitrogens is 1. The van der Waals surface area contributed by atoms with Gasteiger partial charge >= 0.3 is 0 Å². The molecule has 0 aliphatic heterocycles. The van der Waals surface area contributed by atoms with Crippen LogP contribution in [0.25, 0.3) is 22.2 Å². The highest BCUT2D eigenvalue weighted by molar-refractivity contribution is 6.39. The molecule has 1 aromatic heterocycles. The van der Waals surface area contributed by atoms with E-state index in [9.17, 15) is 0 Å². The Morgan fingerprint density at radius 2 is 1.65 bits per heavy atom. The van der Waals surface area contributed by atoms with Crippen LogP contribution in [-0.4, -0.2) is 11.5 Å². The molecule has 0 radical (unpaired) electrons. The number of nitrogens with one attached hydrogen (secondary N) is 1. The van der Waals surface area contributed by atoms with Gasteiger partial charge in [-0.15, -0.1) is 0 Å². The minimum atomic E-state index is 0.625. The summed E-state index contributed by atoms with van der Waals surface area (Å²) in [5, 5.41) is 3.06. The summed E-state index contributed by atoms with van der Waals surface area (Å²) < 4.78 is 0. The van der Waals surface area contributed by atoms with Gasteiger partial charge in [0.25, 0.3) is 0 Å². The minimum absolute atomic E-state index is 0.625. The number of fused-ring (bicyclic) bond motifs is 1. The van der Waals surface area contributed by atoms with Crippen LogP contribution in [0.4, 0.5) is 0 Å². The normalized spacial score (nSPS) is 11.3. The molecule has 0 amide bonds.